The van der Waals surface area contributed by atoms with Gasteiger partial charge in [-0.2, -0.15) is 0 Å². The maximum Gasteiger partial charge on any atom is 0.194 e. The molecule has 2 aliphatic heterocycles. The summed E-state index contributed by atoms with van der Waals surface area (Å²) < 4.78 is 18.8. The Bertz CT molecular complexity index is 1040. The first-order valence-electron chi connectivity index (χ1n) is 12.8. The molecule has 0 aromatic heterocycles. The third-order valence-corrected chi connectivity index (χ3v) is 7.68. The molecule has 0 spiro atoms. The SMILES string of the molecule is CCC(Oc1cc(OC)c2c(c1)C(=O)c1cccc(OC(CC)C3CCNC3)c1-2)C1CCNC1. The Balaban J connectivity index is 1.50. The second-order valence-corrected chi connectivity index (χ2v) is 9.69. The van der Waals surface area contributed by atoms with Crippen LogP contribution in [0.5, 0.6) is 17.2 Å². The van der Waals surface area contributed by atoms with Gasteiger partial charge in [0.25, 0.3) is 0 Å². The van der Waals surface area contributed by atoms with Crippen LogP contribution in [0.4, 0.5) is 0 Å². The highest BCUT2D eigenvalue weighted by atomic mass is 16.5. The number of benzene rings is 2. The first-order chi connectivity index (χ1) is 16.6. The molecule has 2 aromatic carbocycles. The molecule has 1 aliphatic carbocycles. The smallest absolute Gasteiger partial charge is 0.194 e. The summed E-state index contributed by atoms with van der Waals surface area (Å²) >= 11 is 0. The monoisotopic (exact) mass is 464 g/mol. The maximum absolute atomic E-state index is 13.5. The number of hydrogen-bond acceptors (Lipinski definition) is 6. The van der Waals surface area contributed by atoms with Gasteiger partial charge < -0.3 is 24.8 Å². The van der Waals surface area contributed by atoms with Crippen LogP contribution in [-0.2, 0) is 0 Å². The highest BCUT2D eigenvalue weighted by molar-refractivity contribution is 6.23. The molecule has 2 fully saturated rings. The Morgan fingerprint density at radius 2 is 1.53 bits per heavy atom. The second kappa shape index (κ2) is 9.96. The lowest BCUT2D eigenvalue weighted by Gasteiger charge is -2.25. The molecule has 4 atom stereocenters. The predicted molar refractivity (Wildman–Crippen MR) is 133 cm³/mol. The maximum atomic E-state index is 13.5. The lowest BCUT2D eigenvalue weighted by atomic mass is 9.98. The van der Waals surface area contributed by atoms with Gasteiger partial charge in [0.15, 0.2) is 5.78 Å². The third kappa shape index (κ3) is 4.18. The summed E-state index contributed by atoms with van der Waals surface area (Å²) in [5, 5.41) is 6.87. The Morgan fingerprint density at radius 1 is 0.882 bits per heavy atom. The van der Waals surface area contributed by atoms with E-state index in [4.69, 9.17) is 14.2 Å². The van der Waals surface area contributed by atoms with E-state index in [9.17, 15) is 4.79 Å². The Kier molecular flexibility index (Phi) is 6.79. The van der Waals surface area contributed by atoms with Gasteiger partial charge in [-0.15, -0.1) is 0 Å². The molecule has 0 amide bonds. The van der Waals surface area contributed by atoms with Crippen molar-refractivity contribution in [3.63, 3.8) is 0 Å². The number of carbonyl (C=O) groups is 1. The lowest BCUT2D eigenvalue weighted by Crippen LogP contribution is -2.28. The molecule has 0 bridgehead atoms. The quantitative estimate of drug-likeness (QED) is 0.488. The molecule has 182 valence electrons. The minimum absolute atomic E-state index is 0.00497. The van der Waals surface area contributed by atoms with E-state index in [2.05, 4.69) is 24.5 Å². The molecule has 6 heteroatoms. The van der Waals surface area contributed by atoms with Crippen LogP contribution in [0.2, 0.25) is 0 Å². The van der Waals surface area contributed by atoms with Gasteiger partial charge in [0, 0.05) is 53.2 Å². The van der Waals surface area contributed by atoms with Crippen LogP contribution in [0, 0.1) is 11.8 Å². The molecule has 6 nitrogen and oxygen atoms in total. The van der Waals surface area contributed by atoms with Crippen molar-refractivity contribution >= 4 is 5.78 Å². The molecule has 34 heavy (non-hydrogen) atoms. The van der Waals surface area contributed by atoms with Crippen molar-refractivity contribution in [2.24, 2.45) is 11.8 Å². The Hall–Kier alpha value is -2.57. The summed E-state index contributed by atoms with van der Waals surface area (Å²) in [7, 11) is 1.66. The average Bonchev–Trinajstić information content (AvgIpc) is 3.63. The molecule has 2 saturated heterocycles. The van der Waals surface area contributed by atoms with Gasteiger partial charge in [0.05, 0.1) is 7.11 Å². The molecule has 0 radical (unpaired) electrons. The van der Waals surface area contributed by atoms with E-state index >= 15 is 0 Å². The Labute approximate surface area is 202 Å². The van der Waals surface area contributed by atoms with E-state index < -0.39 is 0 Å². The highest BCUT2D eigenvalue weighted by Crippen LogP contribution is 2.49. The minimum atomic E-state index is 0.00497. The number of ether oxygens (including phenoxy) is 3. The van der Waals surface area contributed by atoms with Crippen LogP contribution in [0.15, 0.2) is 30.3 Å². The number of ketones is 1. The van der Waals surface area contributed by atoms with E-state index in [-0.39, 0.29) is 18.0 Å². The van der Waals surface area contributed by atoms with Gasteiger partial charge in [0.2, 0.25) is 0 Å². The summed E-state index contributed by atoms with van der Waals surface area (Å²) in [6, 6.07) is 9.62. The van der Waals surface area contributed by atoms with E-state index in [0.717, 1.165) is 68.7 Å². The second-order valence-electron chi connectivity index (χ2n) is 9.69. The number of carbonyl (C=O) groups excluding carboxylic acids is 1. The molecular weight excluding hydrogens is 428 g/mol. The first-order valence-corrected chi connectivity index (χ1v) is 12.8. The summed E-state index contributed by atoms with van der Waals surface area (Å²) in [5.41, 5.74) is 2.98. The number of fused-ring (bicyclic) bond motifs is 3. The molecule has 3 aliphatic rings. The van der Waals surface area contributed by atoms with Crippen molar-refractivity contribution in [3.8, 4) is 28.4 Å². The van der Waals surface area contributed by atoms with Gasteiger partial charge in [-0.3, -0.25) is 4.79 Å². The zero-order valence-electron chi connectivity index (χ0n) is 20.5. The summed E-state index contributed by atoms with van der Waals surface area (Å²) in [4.78, 5) is 13.5. The van der Waals surface area contributed by atoms with Gasteiger partial charge in [-0.25, -0.2) is 0 Å². The van der Waals surface area contributed by atoms with E-state index in [1.54, 1.807) is 7.11 Å². The number of rotatable bonds is 9. The largest absolute Gasteiger partial charge is 0.496 e. The Morgan fingerprint density at radius 3 is 2.12 bits per heavy atom. The number of nitrogens with one attached hydrogen (secondary N) is 2. The van der Waals surface area contributed by atoms with Crippen LogP contribution in [0.3, 0.4) is 0 Å². The first kappa shape index (κ1) is 23.2. The lowest BCUT2D eigenvalue weighted by molar-refractivity contribution is 0.104. The molecule has 2 N–H and O–H groups in total. The highest BCUT2D eigenvalue weighted by Gasteiger charge is 2.35. The molecule has 5 rings (SSSR count). The topological polar surface area (TPSA) is 68.8 Å². The van der Waals surface area contributed by atoms with Crippen LogP contribution in [0.1, 0.15) is 55.5 Å². The molecular formula is C28H36N2O4. The normalized spacial score (nSPS) is 22.9. The van der Waals surface area contributed by atoms with Gasteiger partial charge >= 0.3 is 0 Å². The molecule has 2 heterocycles. The molecule has 4 unspecified atom stereocenters. The fraction of sp³-hybridized carbons (Fsp3) is 0.536. The number of hydrogen-bond donors (Lipinski definition) is 2. The van der Waals surface area contributed by atoms with Crippen LogP contribution in [0.25, 0.3) is 11.1 Å². The summed E-state index contributed by atoms with van der Waals surface area (Å²) in [6.07, 6.45) is 4.30. The fourth-order valence-corrected chi connectivity index (χ4v) is 5.83. The van der Waals surface area contributed by atoms with Crippen molar-refractivity contribution in [1.82, 2.24) is 10.6 Å². The summed E-state index contributed by atoms with van der Waals surface area (Å²) in [5.74, 6) is 3.08. The van der Waals surface area contributed by atoms with E-state index in [1.165, 1.54) is 0 Å². The zero-order valence-corrected chi connectivity index (χ0v) is 20.5. The van der Waals surface area contributed by atoms with Crippen molar-refractivity contribution < 1.29 is 19.0 Å². The molecule has 0 saturated carbocycles. The predicted octanol–water partition coefficient (Wildman–Crippen LogP) is 4.44. The fourth-order valence-electron chi connectivity index (χ4n) is 5.83. The van der Waals surface area contributed by atoms with Gasteiger partial charge in [-0.05, 0) is 50.9 Å². The third-order valence-electron chi connectivity index (χ3n) is 7.68. The van der Waals surface area contributed by atoms with Crippen molar-refractivity contribution in [3.05, 3.63) is 41.5 Å². The van der Waals surface area contributed by atoms with Gasteiger partial charge in [-0.1, -0.05) is 26.0 Å². The molecule has 2 aromatic rings. The van der Waals surface area contributed by atoms with E-state index in [0.29, 0.717) is 34.5 Å². The van der Waals surface area contributed by atoms with Crippen LogP contribution >= 0.6 is 0 Å². The van der Waals surface area contributed by atoms with Gasteiger partial charge in [0.1, 0.15) is 29.5 Å². The van der Waals surface area contributed by atoms with Crippen molar-refractivity contribution in [1.29, 1.82) is 0 Å². The minimum Gasteiger partial charge on any atom is -0.496 e. The van der Waals surface area contributed by atoms with Crippen molar-refractivity contribution in [2.45, 2.75) is 51.7 Å². The average molecular weight is 465 g/mol. The number of methoxy groups -OCH3 is 1. The zero-order chi connectivity index (χ0) is 23.7. The van der Waals surface area contributed by atoms with Crippen LogP contribution in [-0.4, -0.2) is 51.3 Å². The van der Waals surface area contributed by atoms with Crippen molar-refractivity contribution in [2.75, 3.05) is 33.3 Å². The summed E-state index contributed by atoms with van der Waals surface area (Å²) in [6.45, 7) is 8.33. The van der Waals surface area contributed by atoms with Crippen LogP contribution < -0.4 is 24.8 Å². The standard InChI is InChI=1S/C28H36N2O4/c1-4-22(17-9-11-29-15-17)33-19-13-21-27(25(14-19)32-3)26-20(28(21)31)7-6-8-24(26)34-23(5-2)18-10-12-30-16-18/h6-8,13-14,17-18,22-23,29-30H,4-5,9-12,15-16H2,1-3H3. The van der Waals surface area contributed by atoms with E-state index in [1.807, 2.05) is 30.3 Å².